The van der Waals surface area contributed by atoms with Crippen LogP contribution in [-0.2, 0) is 9.53 Å². The number of esters is 1. The van der Waals surface area contributed by atoms with Crippen molar-refractivity contribution in [2.24, 2.45) is 5.92 Å². The smallest absolute Gasteiger partial charge is 0.370 e. The Balaban J connectivity index is 2.09. The van der Waals surface area contributed by atoms with Crippen molar-refractivity contribution in [2.75, 3.05) is 13.1 Å². The Morgan fingerprint density at radius 2 is 2.19 bits per heavy atom. The van der Waals surface area contributed by atoms with Gasteiger partial charge in [0, 0.05) is 13.1 Å². The minimum atomic E-state index is -0.551. The Kier molecular flexibility index (Phi) is 2.85. The first-order valence-electron chi connectivity index (χ1n) is 5.61. The predicted octanol–water partition coefficient (Wildman–Crippen LogP) is 1.52. The van der Waals surface area contributed by atoms with Crippen molar-refractivity contribution in [3.63, 3.8) is 0 Å². The number of nitrogens with zero attached hydrogens (tertiary/aromatic N) is 2. The van der Waals surface area contributed by atoms with E-state index in [0.717, 1.165) is 12.8 Å². The molecule has 0 N–H and O–H groups in total. The van der Waals surface area contributed by atoms with Gasteiger partial charge in [-0.3, -0.25) is 5.01 Å². The van der Waals surface area contributed by atoms with Gasteiger partial charge >= 0.3 is 12.1 Å². The molecule has 0 spiro atoms. The van der Waals surface area contributed by atoms with E-state index in [4.69, 9.17) is 0 Å². The maximum Gasteiger partial charge on any atom is 0.436 e. The van der Waals surface area contributed by atoms with Crippen LogP contribution in [0.3, 0.4) is 0 Å². The molecule has 0 aliphatic carbocycles. The molecule has 16 heavy (non-hydrogen) atoms. The average Bonchev–Trinajstić information content (AvgIpc) is 2.65. The van der Waals surface area contributed by atoms with Gasteiger partial charge in [0.25, 0.3) is 0 Å². The minimum Gasteiger partial charge on any atom is -0.370 e. The molecule has 0 unspecified atom stereocenters. The molecule has 5 nitrogen and oxygen atoms in total. The number of hydrogen-bond acceptors (Lipinski definition) is 4. The van der Waals surface area contributed by atoms with Crippen LogP contribution in [0.1, 0.15) is 26.7 Å². The normalized spacial score (nSPS) is 20.1. The van der Waals surface area contributed by atoms with Crippen molar-refractivity contribution in [1.29, 1.82) is 0 Å². The van der Waals surface area contributed by atoms with Gasteiger partial charge in [-0.05, 0) is 24.8 Å². The molecular weight excluding hydrogens is 208 g/mol. The molecule has 1 amide bonds. The van der Waals surface area contributed by atoms with Crippen LogP contribution < -0.4 is 0 Å². The van der Waals surface area contributed by atoms with Gasteiger partial charge in [-0.1, -0.05) is 13.8 Å². The number of hydrogen-bond donors (Lipinski definition) is 0. The molecule has 1 fully saturated rings. The second-order valence-corrected chi connectivity index (χ2v) is 4.46. The summed E-state index contributed by atoms with van der Waals surface area (Å²) >= 11 is 0. The van der Waals surface area contributed by atoms with Crippen molar-refractivity contribution >= 4 is 12.1 Å². The second-order valence-electron chi connectivity index (χ2n) is 4.46. The van der Waals surface area contributed by atoms with Gasteiger partial charge in [0.15, 0.2) is 0 Å². The van der Waals surface area contributed by atoms with Crippen LogP contribution in [0.5, 0.6) is 0 Å². The van der Waals surface area contributed by atoms with Crippen molar-refractivity contribution in [2.45, 2.75) is 26.7 Å². The first-order chi connectivity index (χ1) is 7.59. The minimum absolute atomic E-state index is 0.503. The first kappa shape index (κ1) is 11.0. The van der Waals surface area contributed by atoms with E-state index in [0.29, 0.717) is 24.7 Å². The summed E-state index contributed by atoms with van der Waals surface area (Å²) < 4.78 is 4.68. The number of carbonyl (C=O) groups excluding carboxylic acids is 2. The fraction of sp³-hybridized carbons (Fsp3) is 0.636. The quantitative estimate of drug-likeness (QED) is 0.538. The molecule has 0 atom stereocenters. The van der Waals surface area contributed by atoms with E-state index < -0.39 is 12.1 Å². The zero-order valence-electron chi connectivity index (χ0n) is 9.60. The van der Waals surface area contributed by atoms with Crippen LogP contribution in [0, 0.1) is 5.92 Å². The Morgan fingerprint density at radius 1 is 1.44 bits per heavy atom. The third-order valence-corrected chi connectivity index (χ3v) is 2.77. The Hall–Kier alpha value is -1.52. The zero-order chi connectivity index (χ0) is 11.7. The second kappa shape index (κ2) is 4.15. The lowest BCUT2D eigenvalue weighted by atomic mass is 10.1. The predicted molar refractivity (Wildman–Crippen MR) is 57.1 cm³/mol. The van der Waals surface area contributed by atoms with E-state index in [-0.39, 0.29) is 0 Å². The van der Waals surface area contributed by atoms with Crippen molar-refractivity contribution in [3.8, 4) is 0 Å². The summed E-state index contributed by atoms with van der Waals surface area (Å²) in [6.45, 7) is 5.48. The molecular formula is C11H16N2O3. The fourth-order valence-electron chi connectivity index (χ4n) is 1.86. The van der Waals surface area contributed by atoms with E-state index in [2.05, 4.69) is 18.6 Å². The number of fused-ring (bicyclic) bond motifs is 1. The molecule has 5 heteroatoms. The summed E-state index contributed by atoms with van der Waals surface area (Å²) in [5.41, 5.74) is 0.503. The molecule has 1 saturated heterocycles. The fourth-order valence-corrected chi connectivity index (χ4v) is 1.86. The van der Waals surface area contributed by atoms with Crippen molar-refractivity contribution in [1.82, 2.24) is 10.0 Å². The van der Waals surface area contributed by atoms with Gasteiger partial charge in [-0.25, -0.2) is 14.6 Å². The number of ether oxygens (including phenoxy) is 1. The zero-order valence-corrected chi connectivity index (χ0v) is 9.60. The van der Waals surface area contributed by atoms with Gasteiger partial charge in [-0.15, -0.1) is 0 Å². The maximum atomic E-state index is 11.6. The highest BCUT2D eigenvalue weighted by molar-refractivity contribution is 5.98. The first-order valence-corrected chi connectivity index (χ1v) is 5.61. The van der Waals surface area contributed by atoms with Gasteiger partial charge in [0.05, 0.1) is 0 Å². The molecule has 0 radical (unpaired) electrons. The van der Waals surface area contributed by atoms with Crippen LogP contribution in [0.4, 0.5) is 4.79 Å². The summed E-state index contributed by atoms with van der Waals surface area (Å²) in [6.07, 6.45) is 2.95. The van der Waals surface area contributed by atoms with Crippen LogP contribution in [0.15, 0.2) is 11.8 Å². The van der Waals surface area contributed by atoms with Gasteiger partial charge in [0.1, 0.15) is 5.70 Å². The molecule has 2 heterocycles. The third kappa shape index (κ3) is 1.89. The monoisotopic (exact) mass is 224 g/mol. The number of rotatable bonds is 3. The Bertz CT molecular complexity index is 349. The van der Waals surface area contributed by atoms with Crippen LogP contribution in [0.25, 0.3) is 0 Å². The average molecular weight is 224 g/mol. The largest absolute Gasteiger partial charge is 0.436 e. The Labute approximate surface area is 94.6 Å². The maximum absolute atomic E-state index is 11.6. The molecule has 0 aromatic heterocycles. The van der Waals surface area contributed by atoms with E-state index in [1.165, 1.54) is 5.01 Å². The standard InChI is InChI=1S/C11H16N2O3/c1-8(2)5-7-13-11(15)16-10(14)9-4-3-6-12(9)13/h4,8H,3,5-7H2,1-2H3. The SMILES string of the molecule is CC(C)CCN1C(=O)OC(=O)C2=CCCN21. The van der Waals surface area contributed by atoms with E-state index in [1.807, 2.05) is 6.08 Å². The van der Waals surface area contributed by atoms with Gasteiger partial charge in [0.2, 0.25) is 0 Å². The third-order valence-electron chi connectivity index (χ3n) is 2.77. The lowest BCUT2D eigenvalue weighted by Crippen LogP contribution is -2.52. The van der Waals surface area contributed by atoms with Crippen LogP contribution in [-0.4, -0.2) is 35.2 Å². The topological polar surface area (TPSA) is 49.9 Å². The molecule has 2 aliphatic rings. The van der Waals surface area contributed by atoms with Crippen LogP contribution >= 0.6 is 0 Å². The summed E-state index contributed by atoms with van der Waals surface area (Å²) in [5.74, 6) is -0.0104. The van der Waals surface area contributed by atoms with Gasteiger partial charge < -0.3 is 4.74 Å². The highest BCUT2D eigenvalue weighted by Crippen LogP contribution is 2.24. The lowest BCUT2D eigenvalue weighted by Gasteiger charge is -2.37. The van der Waals surface area contributed by atoms with Gasteiger partial charge in [-0.2, -0.15) is 0 Å². The van der Waals surface area contributed by atoms with Crippen molar-refractivity contribution < 1.29 is 14.3 Å². The molecule has 2 aliphatic heterocycles. The summed E-state index contributed by atoms with van der Waals surface area (Å²) in [6, 6.07) is 0. The van der Waals surface area contributed by atoms with E-state index >= 15 is 0 Å². The van der Waals surface area contributed by atoms with Crippen molar-refractivity contribution in [3.05, 3.63) is 11.8 Å². The molecule has 0 aromatic rings. The lowest BCUT2D eigenvalue weighted by molar-refractivity contribution is -0.146. The molecule has 0 bridgehead atoms. The summed E-state index contributed by atoms with van der Waals surface area (Å²) in [5, 5.41) is 3.26. The summed E-state index contributed by atoms with van der Waals surface area (Å²) in [4.78, 5) is 23.0. The summed E-state index contributed by atoms with van der Waals surface area (Å²) in [7, 11) is 0. The highest BCUT2D eigenvalue weighted by atomic mass is 16.6. The molecule has 0 aromatic carbocycles. The number of amides is 1. The molecule has 88 valence electrons. The molecule has 2 rings (SSSR count). The van der Waals surface area contributed by atoms with E-state index in [9.17, 15) is 9.59 Å². The molecule has 0 saturated carbocycles. The highest BCUT2D eigenvalue weighted by Gasteiger charge is 2.38. The number of hydrazine groups is 1. The number of carbonyl (C=O) groups is 2. The van der Waals surface area contributed by atoms with Crippen LogP contribution in [0.2, 0.25) is 0 Å². The van der Waals surface area contributed by atoms with E-state index in [1.54, 1.807) is 5.01 Å². The number of cyclic esters (lactones) is 2. The Morgan fingerprint density at radius 3 is 2.88 bits per heavy atom.